The molecule has 9 heteroatoms. The zero-order valence-corrected chi connectivity index (χ0v) is 20.2. The van der Waals surface area contributed by atoms with E-state index in [1.165, 1.54) is 11.4 Å². The molecule has 0 aromatic heterocycles. The molecule has 176 valence electrons. The fourth-order valence-electron chi connectivity index (χ4n) is 3.17. The van der Waals surface area contributed by atoms with Gasteiger partial charge in [0, 0.05) is 7.05 Å². The first-order valence-corrected chi connectivity index (χ1v) is 12.2. The highest BCUT2D eigenvalue weighted by molar-refractivity contribution is 7.92. The Balaban J connectivity index is 2.11. The standard InChI is InChI=1S/C23H32N2O6S/c1-7-19(16-9-14-21(29-4)22(15-16)30-5)24-23(26)20(8-2)31-18-12-10-17(11-13-18)25(3)32(6,27)28/h9-15,19-20H,7-8H2,1-6H3,(H,24,26)/t19-,20+/m1/s1. The number of rotatable bonds is 11. The molecule has 2 aromatic rings. The van der Waals surface area contributed by atoms with Crippen molar-refractivity contribution in [2.75, 3.05) is 31.8 Å². The van der Waals surface area contributed by atoms with Crippen molar-refractivity contribution < 1.29 is 27.4 Å². The number of anilines is 1. The Morgan fingerprint density at radius 3 is 2.12 bits per heavy atom. The van der Waals surface area contributed by atoms with E-state index in [0.717, 1.165) is 11.8 Å². The van der Waals surface area contributed by atoms with Crippen LogP contribution in [0.15, 0.2) is 42.5 Å². The zero-order valence-electron chi connectivity index (χ0n) is 19.4. The fraction of sp³-hybridized carbons (Fsp3) is 0.435. The number of nitrogens with one attached hydrogen (secondary N) is 1. The zero-order chi connectivity index (χ0) is 23.9. The number of amides is 1. The van der Waals surface area contributed by atoms with Crippen molar-refractivity contribution >= 4 is 21.6 Å². The van der Waals surface area contributed by atoms with E-state index < -0.39 is 16.1 Å². The molecule has 0 aliphatic rings. The van der Waals surface area contributed by atoms with E-state index in [2.05, 4.69) is 5.32 Å². The normalized spacial score (nSPS) is 13.1. The van der Waals surface area contributed by atoms with Gasteiger partial charge >= 0.3 is 0 Å². The Morgan fingerprint density at radius 2 is 1.62 bits per heavy atom. The molecule has 0 radical (unpaired) electrons. The summed E-state index contributed by atoms with van der Waals surface area (Å²) in [6.45, 7) is 3.86. The lowest BCUT2D eigenvalue weighted by molar-refractivity contribution is -0.128. The number of carbonyl (C=O) groups excluding carboxylic acids is 1. The largest absolute Gasteiger partial charge is 0.493 e. The molecule has 0 saturated carbocycles. The second kappa shape index (κ2) is 11.1. The van der Waals surface area contributed by atoms with Crippen LogP contribution >= 0.6 is 0 Å². The van der Waals surface area contributed by atoms with E-state index in [1.54, 1.807) is 38.5 Å². The monoisotopic (exact) mass is 464 g/mol. The second-order valence-corrected chi connectivity index (χ2v) is 9.34. The Morgan fingerprint density at radius 1 is 1.00 bits per heavy atom. The molecular formula is C23H32N2O6S. The van der Waals surface area contributed by atoms with E-state index in [-0.39, 0.29) is 11.9 Å². The number of nitrogens with zero attached hydrogens (tertiary/aromatic N) is 1. The van der Waals surface area contributed by atoms with E-state index in [0.29, 0.717) is 35.8 Å². The molecule has 2 atom stereocenters. The first-order chi connectivity index (χ1) is 15.1. The van der Waals surface area contributed by atoms with Gasteiger partial charge in [0.1, 0.15) is 5.75 Å². The molecule has 8 nitrogen and oxygen atoms in total. The van der Waals surface area contributed by atoms with Gasteiger partial charge in [-0.1, -0.05) is 19.9 Å². The highest BCUT2D eigenvalue weighted by Crippen LogP contribution is 2.31. The highest BCUT2D eigenvalue weighted by atomic mass is 32.2. The van der Waals surface area contributed by atoms with E-state index in [1.807, 2.05) is 32.0 Å². The number of hydrogen-bond acceptors (Lipinski definition) is 6. The maximum Gasteiger partial charge on any atom is 0.261 e. The van der Waals surface area contributed by atoms with Gasteiger partial charge in [-0.3, -0.25) is 9.10 Å². The first kappa shape index (κ1) is 25.3. The number of hydrogen-bond donors (Lipinski definition) is 1. The van der Waals surface area contributed by atoms with Crippen LogP contribution in [0, 0.1) is 0 Å². The second-order valence-electron chi connectivity index (χ2n) is 7.32. The van der Waals surface area contributed by atoms with Crippen molar-refractivity contribution in [3.05, 3.63) is 48.0 Å². The van der Waals surface area contributed by atoms with Crippen LogP contribution in [-0.2, 0) is 14.8 Å². The minimum atomic E-state index is -3.35. The van der Waals surface area contributed by atoms with Crippen molar-refractivity contribution in [3.63, 3.8) is 0 Å². The van der Waals surface area contributed by atoms with Crippen LogP contribution in [0.25, 0.3) is 0 Å². The quantitative estimate of drug-likeness (QED) is 0.547. The van der Waals surface area contributed by atoms with Crippen LogP contribution < -0.4 is 23.8 Å². The summed E-state index contributed by atoms with van der Waals surface area (Å²) in [7, 11) is 1.27. The summed E-state index contributed by atoms with van der Waals surface area (Å²) in [6.07, 6.45) is 1.60. The van der Waals surface area contributed by atoms with Crippen molar-refractivity contribution in [3.8, 4) is 17.2 Å². The van der Waals surface area contributed by atoms with Gasteiger partial charge in [-0.15, -0.1) is 0 Å². The smallest absolute Gasteiger partial charge is 0.261 e. The van der Waals surface area contributed by atoms with Gasteiger partial charge in [0.2, 0.25) is 10.0 Å². The third-order valence-electron chi connectivity index (χ3n) is 5.17. The van der Waals surface area contributed by atoms with E-state index >= 15 is 0 Å². The Hall–Kier alpha value is -2.94. The summed E-state index contributed by atoms with van der Waals surface area (Å²) >= 11 is 0. The molecular weight excluding hydrogens is 432 g/mol. The molecule has 2 rings (SSSR count). The SMILES string of the molecule is CC[C@H](Oc1ccc(N(C)S(C)(=O)=O)cc1)C(=O)N[C@H](CC)c1ccc(OC)c(OC)c1. The van der Waals surface area contributed by atoms with Crippen LogP contribution in [0.5, 0.6) is 17.2 Å². The molecule has 1 amide bonds. The van der Waals surface area contributed by atoms with Crippen LogP contribution in [-0.4, -0.2) is 48.0 Å². The summed E-state index contributed by atoms with van der Waals surface area (Å²) in [5.74, 6) is 1.47. The molecule has 0 heterocycles. The third kappa shape index (κ3) is 6.29. The Kier molecular flexibility index (Phi) is 8.77. The van der Waals surface area contributed by atoms with Gasteiger partial charge in [0.05, 0.1) is 32.2 Å². The van der Waals surface area contributed by atoms with Gasteiger partial charge in [-0.2, -0.15) is 0 Å². The fourth-order valence-corrected chi connectivity index (χ4v) is 3.67. The van der Waals surface area contributed by atoms with E-state index in [4.69, 9.17) is 14.2 Å². The molecule has 2 aromatic carbocycles. The molecule has 32 heavy (non-hydrogen) atoms. The Labute approximate surface area is 190 Å². The Bertz CT molecular complexity index is 1010. The molecule has 0 saturated heterocycles. The van der Waals surface area contributed by atoms with Crippen molar-refractivity contribution in [1.29, 1.82) is 0 Å². The van der Waals surface area contributed by atoms with E-state index in [9.17, 15) is 13.2 Å². The minimum absolute atomic E-state index is 0.217. The molecule has 0 bridgehead atoms. The minimum Gasteiger partial charge on any atom is -0.493 e. The molecule has 0 aliphatic carbocycles. The topological polar surface area (TPSA) is 94.2 Å². The molecule has 0 unspecified atom stereocenters. The summed E-state index contributed by atoms with van der Waals surface area (Å²) < 4.78 is 41.1. The third-order valence-corrected chi connectivity index (χ3v) is 6.38. The molecule has 1 N–H and O–H groups in total. The number of benzene rings is 2. The number of methoxy groups -OCH3 is 2. The molecule has 0 aliphatic heterocycles. The van der Waals surface area contributed by atoms with Crippen molar-refractivity contribution in [2.45, 2.75) is 38.8 Å². The molecule has 0 spiro atoms. The summed E-state index contributed by atoms with van der Waals surface area (Å²) in [6, 6.07) is 11.9. The van der Waals surface area contributed by atoms with Gasteiger partial charge in [-0.05, 0) is 54.8 Å². The lowest BCUT2D eigenvalue weighted by Gasteiger charge is -2.23. The number of sulfonamides is 1. The predicted molar refractivity (Wildman–Crippen MR) is 125 cm³/mol. The summed E-state index contributed by atoms with van der Waals surface area (Å²) in [5.41, 5.74) is 1.42. The highest BCUT2D eigenvalue weighted by Gasteiger charge is 2.23. The lowest BCUT2D eigenvalue weighted by Crippen LogP contribution is -2.40. The maximum atomic E-state index is 12.9. The van der Waals surface area contributed by atoms with Gasteiger partial charge in [-0.25, -0.2) is 8.42 Å². The van der Waals surface area contributed by atoms with Crippen LogP contribution in [0.3, 0.4) is 0 Å². The van der Waals surface area contributed by atoms with Gasteiger partial charge in [0.25, 0.3) is 5.91 Å². The first-order valence-electron chi connectivity index (χ1n) is 10.4. The van der Waals surface area contributed by atoms with Crippen LogP contribution in [0.4, 0.5) is 5.69 Å². The van der Waals surface area contributed by atoms with Crippen LogP contribution in [0.2, 0.25) is 0 Å². The average molecular weight is 465 g/mol. The van der Waals surface area contributed by atoms with Crippen molar-refractivity contribution in [2.24, 2.45) is 0 Å². The summed E-state index contributed by atoms with van der Waals surface area (Å²) in [4.78, 5) is 12.9. The van der Waals surface area contributed by atoms with Crippen molar-refractivity contribution in [1.82, 2.24) is 5.32 Å². The number of ether oxygens (including phenoxy) is 3. The van der Waals surface area contributed by atoms with Crippen LogP contribution in [0.1, 0.15) is 38.3 Å². The predicted octanol–water partition coefficient (Wildman–Crippen LogP) is 3.52. The maximum absolute atomic E-state index is 12.9. The average Bonchev–Trinajstić information content (AvgIpc) is 2.79. The van der Waals surface area contributed by atoms with Gasteiger partial charge in [0.15, 0.2) is 17.6 Å². The van der Waals surface area contributed by atoms with Gasteiger partial charge < -0.3 is 19.5 Å². The summed E-state index contributed by atoms with van der Waals surface area (Å²) in [5, 5.41) is 3.04. The lowest BCUT2D eigenvalue weighted by atomic mass is 10.0. The number of carbonyl (C=O) groups is 1. The molecule has 0 fully saturated rings.